The molecule has 6 aromatic rings. The third kappa shape index (κ3) is 4.86. The van der Waals surface area contributed by atoms with Gasteiger partial charge >= 0.3 is 0 Å². The highest BCUT2D eigenvalue weighted by atomic mass is 32.2. The van der Waals surface area contributed by atoms with Crippen molar-refractivity contribution < 1.29 is 4.79 Å². The number of nitrogens with zero attached hydrogens (tertiary/aromatic N) is 3. The fourth-order valence-electron chi connectivity index (χ4n) is 5.14. The summed E-state index contributed by atoms with van der Waals surface area (Å²) in [6.07, 6.45) is 0. The molecule has 0 fully saturated rings. The summed E-state index contributed by atoms with van der Waals surface area (Å²) in [5, 5.41) is 0.773. The molecule has 1 aromatic heterocycles. The van der Waals surface area contributed by atoms with E-state index in [1.165, 1.54) is 11.8 Å². The molecule has 7 rings (SSSR count). The number of carbonyl (C=O) groups is 1. The second-order valence-electron chi connectivity index (χ2n) is 9.55. The molecule has 0 spiro atoms. The first-order valence-corrected chi connectivity index (χ1v) is 15.2. The Kier molecular flexibility index (Phi) is 6.93. The van der Waals surface area contributed by atoms with E-state index in [4.69, 9.17) is 4.98 Å². The van der Waals surface area contributed by atoms with Gasteiger partial charge in [-0.3, -0.25) is 14.3 Å². The van der Waals surface area contributed by atoms with Gasteiger partial charge in [-0.15, -0.1) is 0 Å². The van der Waals surface area contributed by atoms with Crippen molar-refractivity contribution in [2.75, 3.05) is 10.7 Å². The maximum Gasteiger partial charge on any atom is 0.242 e. The topological polar surface area (TPSA) is 38.1 Å². The SMILES string of the molecule is O=C(CSc1nc(-c2ccccc2)c(-c2ccccc2)n1-c1ccccc1)N1c2ccccc2Sc2ccccc21. The van der Waals surface area contributed by atoms with Gasteiger partial charge < -0.3 is 0 Å². The van der Waals surface area contributed by atoms with Crippen LogP contribution < -0.4 is 4.90 Å². The molecule has 0 radical (unpaired) electrons. The molecule has 1 aliphatic heterocycles. The zero-order valence-electron chi connectivity index (χ0n) is 22.1. The van der Waals surface area contributed by atoms with Crippen molar-refractivity contribution in [1.82, 2.24) is 9.55 Å². The van der Waals surface area contributed by atoms with Crippen LogP contribution in [0.15, 0.2) is 154 Å². The van der Waals surface area contributed by atoms with Crippen molar-refractivity contribution in [3.8, 4) is 28.2 Å². The monoisotopic (exact) mass is 567 g/mol. The first-order valence-electron chi connectivity index (χ1n) is 13.4. The summed E-state index contributed by atoms with van der Waals surface area (Å²) in [5.74, 6) is 0.250. The Hall–Kier alpha value is -4.52. The third-order valence-electron chi connectivity index (χ3n) is 6.96. The molecule has 198 valence electrons. The van der Waals surface area contributed by atoms with Crippen molar-refractivity contribution >= 4 is 40.8 Å². The quantitative estimate of drug-likeness (QED) is 0.188. The largest absolute Gasteiger partial charge is 0.287 e. The van der Waals surface area contributed by atoms with Gasteiger partial charge in [0.2, 0.25) is 5.91 Å². The second kappa shape index (κ2) is 11.2. The molecule has 6 heteroatoms. The Morgan fingerprint density at radius 2 is 1.15 bits per heavy atom. The van der Waals surface area contributed by atoms with Gasteiger partial charge in [0, 0.05) is 26.6 Å². The number of imidazole rings is 1. The van der Waals surface area contributed by atoms with Crippen LogP contribution in [0.25, 0.3) is 28.2 Å². The lowest BCUT2D eigenvalue weighted by Gasteiger charge is -2.31. The number of hydrogen-bond acceptors (Lipinski definition) is 4. The predicted octanol–water partition coefficient (Wildman–Crippen LogP) is 9.13. The molecule has 0 saturated heterocycles. The number of rotatable bonds is 6. The van der Waals surface area contributed by atoms with Gasteiger partial charge in [-0.1, -0.05) is 127 Å². The van der Waals surface area contributed by atoms with Gasteiger partial charge in [-0.2, -0.15) is 0 Å². The minimum absolute atomic E-state index is 0.0142. The van der Waals surface area contributed by atoms with Crippen molar-refractivity contribution in [1.29, 1.82) is 0 Å². The van der Waals surface area contributed by atoms with Crippen molar-refractivity contribution in [2.24, 2.45) is 0 Å². The minimum atomic E-state index is 0.0142. The summed E-state index contributed by atoms with van der Waals surface area (Å²) < 4.78 is 2.18. The highest BCUT2D eigenvalue weighted by Crippen LogP contribution is 2.48. The highest BCUT2D eigenvalue weighted by molar-refractivity contribution is 8.00. The molecule has 0 bridgehead atoms. The Labute approximate surface area is 247 Å². The molecule has 0 saturated carbocycles. The lowest BCUT2D eigenvalue weighted by atomic mass is 10.0. The van der Waals surface area contributed by atoms with Gasteiger partial charge in [0.25, 0.3) is 0 Å². The summed E-state index contributed by atoms with van der Waals surface area (Å²) in [4.78, 5) is 23.2. The van der Waals surface area contributed by atoms with E-state index in [-0.39, 0.29) is 11.7 Å². The zero-order chi connectivity index (χ0) is 27.6. The zero-order valence-corrected chi connectivity index (χ0v) is 23.7. The van der Waals surface area contributed by atoms with Gasteiger partial charge in [0.1, 0.15) is 0 Å². The van der Waals surface area contributed by atoms with Crippen molar-refractivity contribution in [3.63, 3.8) is 0 Å². The molecule has 5 aromatic carbocycles. The van der Waals surface area contributed by atoms with E-state index < -0.39 is 0 Å². The maximum atomic E-state index is 14.0. The standard InChI is InChI=1S/C35H25N3OS2/c39-32(38-28-20-10-12-22-30(28)41-31-23-13-11-21-29(31)38)24-40-35-36-33(25-14-4-1-5-15-25)34(26-16-6-2-7-17-26)37(35)27-18-8-3-9-19-27/h1-23H,24H2. The molecule has 0 unspecified atom stereocenters. The fourth-order valence-corrected chi connectivity index (χ4v) is 7.06. The van der Waals surface area contributed by atoms with Crippen LogP contribution in [0.2, 0.25) is 0 Å². The Balaban J connectivity index is 1.32. The number of thioether (sulfide) groups is 1. The molecule has 2 heterocycles. The number of benzene rings is 5. The number of amides is 1. The molecule has 4 nitrogen and oxygen atoms in total. The Morgan fingerprint density at radius 3 is 1.76 bits per heavy atom. The first kappa shape index (κ1) is 25.4. The van der Waals surface area contributed by atoms with Crippen LogP contribution in [-0.2, 0) is 4.79 Å². The van der Waals surface area contributed by atoms with Gasteiger partial charge in [0.15, 0.2) is 5.16 Å². The molecular formula is C35H25N3OS2. The highest BCUT2D eigenvalue weighted by Gasteiger charge is 2.29. The molecule has 1 amide bonds. The van der Waals surface area contributed by atoms with E-state index in [2.05, 4.69) is 53.1 Å². The van der Waals surface area contributed by atoms with E-state index in [0.29, 0.717) is 0 Å². The molecule has 0 N–H and O–H groups in total. The van der Waals surface area contributed by atoms with E-state index in [1.54, 1.807) is 11.8 Å². The van der Waals surface area contributed by atoms with Crippen LogP contribution in [-0.4, -0.2) is 21.2 Å². The van der Waals surface area contributed by atoms with Gasteiger partial charge in [-0.25, -0.2) is 4.98 Å². The van der Waals surface area contributed by atoms with Crippen LogP contribution in [0, 0.1) is 0 Å². The normalized spacial score (nSPS) is 12.0. The minimum Gasteiger partial charge on any atom is -0.287 e. The third-order valence-corrected chi connectivity index (χ3v) is 9.02. The van der Waals surface area contributed by atoms with E-state index in [1.807, 2.05) is 95.9 Å². The average Bonchev–Trinajstić information content (AvgIpc) is 3.43. The number of anilines is 2. The smallest absolute Gasteiger partial charge is 0.242 e. The lowest BCUT2D eigenvalue weighted by molar-refractivity contribution is -0.115. The molecular weight excluding hydrogens is 543 g/mol. The Bertz CT molecular complexity index is 1790. The first-order chi connectivity index (χ1) is 20.3. The molecule has 41 heavy (non-hydrogen) atoms. The van der Waals surface area contributed by atoms with Crippen LogP contribution in [0.3, 0.4) is 0 Å². The maximum absolute atomic E-state index is 14.0. The number of fused-ring (bicyclic) bond motifs is 2. The number of para-hydroxylation sites is 3. The van der Waals surface area contributed by atoms with Gasteiger partial charge in [-0.05, 0) is 36.4 Å². The average molecular weight is 568 g/mol. The summed E-state index contributed by atoms with van der Waals surface area (Å²) >= 11 is 3.17. The number of carbonyl (C=O) groups excluding carboxylic acids is 1. The van der Waals surface area contributed by atoms with E-state index in [9.17, 15) is 4.79 Å². The summed E-state index contributed by atoms with van der Waals surface area (Å²) in [5.41, 5.74) is 6.83. The number of hydrogen-bond donors (Lipinski definition) is 0. The molecule has 0 aliphatic carbocycles. The Morgan fingerprint density at radius 1 is 0.634 bits per heavy atom. The lowest BCUT2D eigenvalue weighted by Crippen LogP contribution is -2.30. The van der Waals surface area contributed by atoms with E-state index >= 15 is 0 Å². The predicted molar refractivity (Wildman–Crippen MR) is 169 cm³/mol. The molecule has 1 aliphatic rings. The summed E-state index contributed by atoms with van der Waals surface area (Å²) in [6.45, 7) is 0. The second-order valence-corrected chi connectivity index (χ2v) is 11.6. The van der Waals surface area contributed by atoms with Crippen LogP contribution in [0.4, 0.5) is 11.4 Å². The summed E-state index contributed by atoms with van der Waals surface area (Å²) in [7, 11) is 0. The fraction of sp³-hybridized carbons (Fsp3) is 0.0286. The van der Waals surface area contributed by atoms with Crippen LogP contribution >= 0.6 is 23.5 Å². The number of aromatic nitrogens is 2. The van der Waals surface area contributed by atoms with Gasteiger partial charge in [0.05, 0.1) is 28.5 Å². The summed E-state index contributed by atoms with van der Waals surface area (Å²) in [6, 6.07) is 47.0. The van der Waals surface area contributed by atoms with Crippen molar-refractivity contribution in [3.05, 3.63) is 140 Å². The van der Waals surface area contributed by atoms with Crippen LogP contribution in [0.5, 0.6) is 0 Å². The van der Waals surface area contributed by atoms with Crippen LogP contribution in [0.1, 0.15) is 0 Å². The van der Waals surface area contributed by atoms with E-state index in [0.717, 1.165) is 54.5 Å². The van der Waals surface area contributed by atoms with Crippen molar-refractivity contribution in [2.45, 2.75) is 14.9 Å². The molecule has 0 atom stereocenters.